The number of hydrazone groups is 1. The van der Waals surface area contributed by atoms with Gasteiger partial charge < -0.3 is 10.6 Å². The molecule has 2 N–H and O–H groups in total. The van der Waals surface area contributed by atoms with E-state index < -0.39 is 0 Å². The maximum absolute atomic E-state index is 8.33. The first kappa shape index (κ1) is 11.1. The van der Waals surface area contributed by atoms with Crippen molar-refractivity contribution in [2.24, 2.45) is 10.9 Å². The molecule has 0 radical (unpaired) electrons. The van der Waals surface area contributed by atoms with Crippen LogP contribution in [0.1, 0.15) is 18.4 Å². The summed E-state index contributed by atoms with van der Waals surface area (Å²) < 4.78 is 5.41. The van der Waals surface area contributed by atoms with Crippen molar-refractivity contribution in [1.82, 2.24) is 0 Å². The lowest BCUT2D eigenvalue weighted by Crippen LogP contribution is -1.96. The average molecular weight is 203 g/mol. The van der Waals surface area contributed by atoms with Crippen LogP contribution < -0.4 is 10.6 Å². The fourth-order valence-electron chi connectivity index (χ4n) is 1.08. The van der Waals surface area contributed by atoms with Crippen molar-refractivity contribution >= 4 is 6.21 Å². The third-order valence-corrected chi connectivity index (χ3v) is 1.81. The van der Waals surface area contributed by atoms with Crippen molar-refractivity contribution in [3.05, 3.63) is 29.8 Å². The quantitative estimate of drug-likeness (QED) is 0.342. The van der Waals surface area contributed by atoms with E-state index in [1.807, 2.05) is 24.3 Å². The molecular formula is C11H13N3O. The number of nitriles is 1. The number of nitrogens with two attached hydrogens (primary N) is 1. The van der Waals surface area contributed by atoms with Crippen molar-refractivity contribution < 1.29 is 4.74 Å². The highest BCUT2D eigenvalue weighted by molar-refractivity contribution is 5.79. The van der Waals surface area contributed by atoms with Crippen LogP contribution in [0.4, 0.5) is 0 Å². The molecule has 0 heterocycles. The fraction of sp³-hybridized carbons (Fsp3) is 0.273. The van der Waals surface area contributed by atoms with Gasteiger partial charge in [-0.25, -0.2) is 0 Å². The highest BCUT2D eigenvalue weighted by atomic mass is 16.5. The molecule has 0 unspecified atom stereocenters. The van der Waals surface area contributed by atoms with Gasteiger partial charge in [0.05, 0.1) is 18.9 Å². The van der Waals surface area contributed by atoms with E-state index in [9.17, 15) is 0 Å². The Hall–Kier alpha value is -2.02. The number of nitrogens with zero attached hydrogens (tertiary/aromatic N) is 2. The molecule has 0 bridgehead atoms. The van der Waals surface area contributed by atoms with Crippen LogP contribution in [0.25, 0.3) is 0 Å². The van der Waals surface area contributed by atoms with E-state index >= 15 is 0 Å². The first-order valence-corrected chi connectivity index (χ1v) is 4.70. The molecule has 0 aromatic heterocycles. The van der Waals surface area contributed by atoms with Gasteiger partial charge in [0.2, 0.25) is 0 Å². The molecule has 0 aliphatic carbocycles. The first-order valence-electron chi connectivity index (χ1n) is 4.70. The minimum absolute atomic E-state index is 0.526. The molecule has 0 spiro atoms. The van der Waals surface area contributed by atoms with Gasteiger partial charge >= 0.3 is 0 Å². The van der Waals surface area contributed by atoms with E-state index in [1.165, 1.54) is 0 Å². The van der Waals surface area contributed by atoms with Crippen LogP contribution in [0.5, 0.6) is 5.75 Å². The number of rotatable bonds is 5. The standard InChI is InChI=1S/C11H13N3O/c12-7-1-2-8-15-11-5-3-10(4-6-11)9-14-13/h3-6,9H,1-2,8,13H2. The predicted octanol–water partition coefficient (Wildman–Crippen LogP) is 1.66. The van der Waals surface area contributed by atoms with Crippen LogP contribution in [0.2, 0.25) is 0 Å². The second kappa shape index (κ2) is 6.44. The lowest BCUT2D eigenvalue weighted by atomic mass is 10.2. The summed E-state index contributed by atoms with van der Waals surface area (Å²) in [4.78, 5) is 0. The van der Waals surface area contributed by atoms with E-state index in [1.54, 1.807) is 6.21 Å². The smallest absolute Gasteiger partial charge is 0.119 e. The van der Waals surface area contributed by atoms with Gasteiger partial charge in [-0.2, -0.15) is 10.4 Å². The Morgan fingerprint density at radius 3 is 2.73 bits per heavy atom. The molecular weight excluding hydrogens is 190 g/mol. The van der Waals surface area contributed by atoms with Crippen molar-refractivity contribution in [3.63, 3.8) is 0 Å². The summed E-state index contributed by atoms with van der Waals surface area (Å²) in [5.41, 5.74) is 0.932. The lowest BCUT2D eigenvalue weighted by molar-refractivity contribution is 0.312. The minimum atomic E-state index is 0.526. The van der Waals surface area contributed by atoms with E-state index in [0.717, 1.165) is 17.7 Å². The summed E-state index contributed by atoms with van der Waals surface area (Å²) in [7, 11) is 0. The van der Waals surface area contributed by atoms with Crippen molar-refractivity contribution in [1.29, 1.82) is 5.26 Å². The van der Waals surface area contributed by atoms with Gasteiger partial charge in [0.15, 0.2) is 0 Å². The van der Waals surface area contributed by atoms with Crippen molar-refractivity contribution in [2.45, 2.75) is 12.8 Å². The molecule has 0 amide bonds. The van der Waals surface area contributed by atoms with Crippen LogP contribution in [0, 0.1) is 11.3 Å². The van der Waals surface area contributed by atoms with Gasteiger partial charge in [0.25, 0.3) is 0 Å². The topological polar surface area (TPSA) is 71.4 Å². The number of hydrogen-bond acceptors (Lipinski definition) is 4. The molecule has 15 heavy (non-hydrogen) atoms. The molecule has 1 aromatic rings. The molecule has 0 saturated heterocycles. The molecule has 0 saturated carbocycles. The summed E-state index contributed by atoms with van der Waals surface area (Å²) in [6.45, 7) is 0.567. The average Bonchev–Trinajstić information content (AvgIpc) is 2.27. The van der Waals surface area contributed by atoms with Crippen LogP contribution in [-0.2, 0) is 0 Å². The Morgan fingerprint density at radius 2 is 2.13 bits per heavy atom. The van der Waals surface area contributed by atoms with Crippen molar-refractivity contribution in [2.75, 3.05) is 6.61 Å². The molecule has 78 valence electrons. The minimum Gasteiger partial charge on any atom is -0.494 e. The summed E-state index contributed by atoms with van der Waals surface area (Å²) >= 11 is 0. The van der Waals surface area contributed by atoms with Crippen LogP contribution in [0.15, 0.2) is 29.4 Å². The van der Waals surface area contributed by atoms with Crippen molar-refractivity contribution in [3.8, 4) is 11.8 Å². The molecule has 1 rings (SSSR count). The van der Waals surface area contributed by atoms with Gasteiger partial charge in [0, 0.05) is 6.42 Å². The largest absolute Gasteiger partial charge is 0.494 e. The molecule has 0 atom stereocenters. The maximum Gasteiger partial charge on any atom is 0.119 e. The van der Waals surface area contributed by atoms with E-state index in [-0.39, 0.29) is 0 Å². The zero-order valence-corrected chi connectivity index (χ0v) is 8.39. The number of benzene rings is 1. The van der Waals surface area contributed by atoms with E-state index in [0.29, 0.717) is 13.0 Å². The Bertz CT molecular complexity index is 351. The second-order valence-corrected chi connectivity index (χ2v) is 2.96. The fourth-order valence-corrected chi connectivity index (χ4v) is 1.08. The van der Waals surface area contributed by atoms with Gasteiger partial charge in [-0.1, -0.05) is 0 Å². The highest BCUT2D eigenvalue weighted by Gasteiger charge is 1.93. The molecule has 0 fully saturated rings. The zero-order valence-electron chi connectivity index (χ0n) is 8.39. The van der Waals surface area contributed by atoms with Gasteiger partial charge in [0.1, 0.15) is 5.75 Å². The summed E-state index contributed by atoms with van der Waals surface area (Å²) in [6.07, 6.45) is 2.85. The molecule has 0 aliphatic heterocycles. The summed E-state index contributed by atoms with van der Waals surface area (Å²) in [5.74, 6) is 5.81. The van der Waals surface area contributed by atoms with E-state index in [2.05, 4.69) is 11.2 Å². The van der Waals surface area contributed by atoms with Gasteiger partial charge in [-0.15, -0.1) is 0 Å². The lowest BCUT2D eigenvalue weighted by Gasteiger charge is -2.04. The zero-order chi connectivity index (χ0) is 10.9. The normalized spacial score (nSPS) is 10.1. The third kappa shape index (κ3) is 4.14. The Labute approximate surface area is 89.0 Å². The Morgan fingerprint density at radius 1 is 1.40 bits per heavy atom. The summed E-state index contributed by atoms with van der Waals surface area (Å²) in [5, 5.41) is 11.7. The van der Waals surface area contributed by atoms with Gasteiger partial charge in [-0.3, -0.25) is 0 Å². The number of hydrogen-bond donors (Lipinski definition) is 1. The maximum atomic E-state index is 8.33. The molecule has 1 aromatic carbocycles. The molecule has 4 heteroatoms. The molecule has 4 nitrogen and oxygen atoms in total. The van der Waals surface area contributed by atoms with Crippen LogP contribution in [0.3, 0.4) is 0 Å². The monoisotopic (exact) mass is 203 g/mol. The van der Waals surface area contributed by atoms with Crippen LogP contribution in [-0.4, -0.2) is 12.8 Å². The van der Waals surface area contributed by atoms with Crippen LogP contribution >= 0.6 is 0 Å². The SMILES string of the molecule is N#CCCCOc1ccc(C=NN)cc1. The molecule has 0 aliphatic rings. The number of ether oxygens (including phenoxy) is 1. The highest BCUT2D eigenvalue weighted by Crippen LogP contribution is 2.11. The summed E-state index contributed by atoms with van der Waals surface area (Å²) in [6, 6.07) is 9.51. The Kier molecular flexibility index (Phi) is 4.74. The van der Waals surface area contributed by atoms with E-state index in [4.69, 9.17) is 15.8 Å². The second-order valence-electron chi connectivity index (χ2n) is 2.96. The Balaban J connectivity index is 2.40. The first-order chi connectivity index (χ1) is 7.36. The van der Waals surface area contributed by atoms with Gasteiger partial charge in [-0.05, 0) is 36.2 Å². The third-order valence-electron chi connectivity index (χ3n) is 1.81. The predicted molar refractivity (Wildman–Crippen MR) is 58.6 cm³/mol. The number of unbranched alkanes of at least 4 members (excludes halogenated alkanes) is 1.